The minimum absolute atomic E-state index is 0.117. The fraction of sp³-hybridized carbons (Fsp3) is 0.714. The van der Waals surface area contributed by atoms with E-state index in [4.69, 9.17) is 0 Å². The molecule has 7 heteroatoms. The lowest BCUT2D eigenvalue weighted by atomic mass is 9.90. The third kappa shape index (κ3) is 2.53. The molecule has 1 aromatic rings. The standard InChI is InChI=1S/C14H21N3O3S/c1-16-14(8-9-15-16)21(19,20)17-10-3-2-6-12(17)11-5-4-7-13(11)18/h8-9,11-12H,2-7,10H2,1H3. The molecule has 116 valence electrons. The molecule has 2 heterocycles. The molecule has 1 saturated carbocycles. The number of aromatic nitrogens is 2. The van der Waals surface area contributed by atoms with Crippen LogP contribution >= 0.6 is 0 Å². The highest BCUT2D eigenvalue weighted by atomic mass is 32.2. The molecule has 21 heavy (non-hydrogen) atoms. The molecule has 0 bridgehead atoms. The molecule has 3 rings (SSSR count). The molecule has 1 aliphatic heterocycles. The van der Waals surface area contributed by atoms with Gasteiger partial charge in [-0.3, -0.25) is 9.48 Å². The van der Waals surface area contributed by atoms with Crippen molar-refractivity contribution in [2.24, 2.45) is 13.0 Å². The summed E-state index contributed by atoms with van der Waals surface area (Å²) in [7, 11) is -1.95. The number of nitrogens with zero attached hydrogens (tertiary/aromatic N) is 3. The van der Waals surface area contributed by atoms with E-state index in [-0.39, 0.29) is 22.8 Å². The molecule has 2 aliphatic rings. The van der Waals surface area contributed by atoms with Crippen molar-refractivity contribution in [2.45, 2.75) is 49.6 Å². The zero-order chi connectivity index (χ0) is 15.0. The maximum absolute atomic E-state index is 12.9. The van der Waals surface area contributed by atoms with E-state index < -0.39 is 10.0 Å². The molecule has 2 unspecified atom stereocenters. The van der Waals surface area contributed by atoms with Crippen LogP contribution < -0.4 is 0 Å². The number of rotatable bonds is 3. The van der Waals surface area contributed by atoms with Crippen LogP contribution in [0.15, 0.2) is 17.3 Å². The van der Waals surface area contributed by atoms with E-state index >= 15 is 0 Å². The van der Waals surface area contributed by atoms with Gasteiger partial charge in [0.2, 0.25) is 0 Å². The molecule has 6 nitrogen and oxygen atoms in total. The van der Waals surface area contributed by atoms with Gasteiger partial charge in [0.1, 0.15) is 5.78 Å². The Labute approximate surface area is 125 Å². The highest BCUT2D eigenvalue weighted by Crippen LogP contribution is 2.35. The summed E-state index contributed by atoms with van der Waals surface area (Å²) < 4.78 is 28.7. The van der Waals surface area contributed by atoms with Crippen LogP contribution in [0.5, 0.6) is 0 Å². The van der Waals surface area contributed by atoms with Gasteiger partial charge in [0.25, 0.3) is 10.0 Å². The number of aryl methyl sites for hydroxylation is 1. The molecular formula is C14H21N3O3S. The predicted molar refractivity (Wildman–Crippen MR) is 77.1 cm³/mol. The van der Waals surface area contributed by atoms with Crippen molar-refractivity contribution in [3.05, 3.63) is 12.3 Å². The van der Waals surface area contributed by atoms with Crippen LogP contribution in [0.1, 0.15) is 38.5 Å². The van der Waals surface area contributed by atoms with Crippen molar-refractivity contribution in [1.82, 2.24) is 14.1 Å². The second-order valence-corrected chi connectivity index (χ2v) is 7.77. The minimum atomic E-state index is -3.58. The number of carbonyl (C=O) groups excluding carboxylic acids is 1. The van der Waals surface area contributed by atoms with Crippen LogP contribution in [0.4, 0.5) is 0 Å². The smallest absolute Gasteiger partial charge is 0.260 e. The average molecular weight is 311 g/mol. The van der Waals surface area contributed by atoms with Crippen molar-refractivity contribution < 1.29 is 13.2 Å². The van der Waals surface area contributed by atoms with E-state index in [1.165, 1.54) is 16.9 Å². The molecule has 0 N–H and O–H groups in total. The molecule has 0 amide bonds. The Balaban J connectivity index is 1.94. The number of hydrogen-bond acceptors (Lipinski definition) is 4. The van der Waals surface area contributed by atoms with Gasteiger partial charge < -0.3 is 0 Å². The lowest BCUT2D eigenvalue weighted by molar-refractivity contribution is -0.122. The van der Waals surface area contributed by atoms with Gasteiger partial charge in [-0.25, -0.2) is 8.42 Å². The maximum atomic E-state index is 12.9. The van der Waals surface area contributed by atoms with Gasteiger partial charge in [-0.2, -0.15) is 9.40 Å². The summed E-state index contributed by atoms with van der Waals surface area (Å²) in [6, 6.07) is 1.35. The zero-order valence-electron chi connectivity index (χ0n) is 12.2. The van der Waals surface area contributed by atoms with Crippen LogP contribution in [0.25, 0.3) is 0 Å². The van der Waals surface area contributed by atoms with Gasteiger partial charge >= 0.3 is 0 Å². The Morgan fingerprint density at radius 1 is 1.24 bits per heavy atom. The molecule has 2 fully saturated rings. The van der Waals surface area contributed by atoms with Gasteiger partial charge in [0.05, 0.1) is 6.20 Å². The van der Waals surface area contributed by atoms with Gasteiger partial charge in [-0.1, -0.05) is 6.42 Å². The third-order valence-electron chi connectivity index (χ3n) is 4.66. The molecule has 2 atom stereocenters. The van der Waals surface area contributed by atoms with Crippen LogP contribution in [0.2, 0.25) is 0 Å². The van der Waals surface area contributed by atoms with Crippen molar-refractivity contribution in [3.63, 3.8) is 0 Å². The SMILES string of the molecule is Cn1nccc1S(=O)(=O)N1CCCCC1C1CCCC1=O. The zero-order valence-corrected chi connectivity index (χ0v) is 13.1. The van der Waals surface area contributed by atoms with Crippen LogP contribution in [-0.4, -0.2) is 40.9 Å². The lowest BCUT2D eigenvalue weighted by Crippen LogP contribution is -2.48. The minimum Gasteiger partial charge on any atom is -0.299 e. The monoisotopic (exact) mass is 311 g/mol. The number of ketones is 1. The normalized spacial score (nSPS) is 28.1. The largest absolute Gasteiger partial charge is 0.299 e. The van der Waals surface area contributed by atoms with E-state index in [9.17, 15) is 13.2 Å². The molecule has 0 radical (unpaired) electrons. The molecule has 0 spiro atoms. The number of carbonyl (C=O) groups is 1. The van der Waals surface area contributed by atoms with E-state index in [0.717, 1.165) is 32.1 Å². The summed E-state index contributed by atoms with van der Waals surface area (Å²) in [5.41, 5.74) is 0. The third-order valence-corrected chi connectivity index (χ3v) is 6.66. The Morgan fingerprint density at radius 2 is 2.05 bits per heavy atom. The van der Waals surface area contributed by atoms with Crippen LogP contribution in [0, 0.1) is 5.92 Å². The number of piperidine rings is 1. The Morgan fingerprint density at radius 3 is 2.67 bits per heavy atom. The van der Waals surface area contributed by atoms with Crippen molar-refractivity contribution in [3.8, 4) is 0 Å². The summed E-state index contributed by atoms with van der Waals surface area (Å²) in [6.45, 7) is 0.502. The van der Waals surface area contributed by atoms with Gasteiger partial charge in [0.15, 0.2) is 5.03 Å². The fourth-order valence-corrected chi connectivity index (χ4v) is 5.45. The Hall–Kier alpha value is -1.21. The summed E-state index contributed by atoms with van der Waals surface area (Å²) >= 11 is 0. The van der Waals surface area contributed by atoms with Crippen molar-refractivity contribution in [1.29, 1.82) is 0 Å². The lowest BCUT2D eigenvalue weighted by Gasteiger charge is -2.37. The summed E-state index contributed by atoms with van der Waals surface area (Å²) in [6.07, 6.45) is 6.43. The Bertz CT molecular complexity index is 638. The van der Waals surface area contributed by atoms with Crippen LogP contribution in [-0.2, 0) is 21.9 Å². The van der Waals surface area contributed by atoms with E-state index in [1.54, 1.807) is 11.4 Å². The number of hydrogen-bond donors (Lipinski definition) is 0. The molecule has 1 aliphatic carbocycles. The fourth-order valence-electron chi connectivity index (χ4n) is 3.62. The molecule has 0 aromatic carbocycles. The first kappa shape index (κ1) is 14.7. The highest BCUT2D eigenvalue weighted by Gasteiger charge is 2.42. The van der Waals surface area contributed by atoms with E-state index in [1.807, 2.05) is 0 Å². The van der Waals surface area contributed by atoms with Crippen LogP contribution in [0.3, 0.4) is 0 Å². The molecule has 1 saturated heterocycles. The van der Waals surface area contributed by atoms with E-state index in [0.29, 0.717) is 13.0 Å². The van der Waals surface area contributed by atoms with Crippen molar-refractivity contribution in [2.75, 3.05) is 6.54 Å². The predicted octanol–water partition coefficient (Wildman–Crippen LogP) is 1.33. The summed E-state index contributed by atoms with van der Waals surface area (Å²) in [5.74, 6) is 0.111. The first-order valence-corrected chi connectivity index (χ1v) is 8.98. The van der Waals surface area contributed by atoms with Gasteiger partial charge in [0, 0.05) is 32.0 Å². The maximum Gasteiger partial charge on any atom is 0.260 e. The summed E-state index contributed by atoms with van der Waals surface area (Å²) in [4.78, 5) is 12.1. The number of sulfonamides is 1. The topological polar surface area (TPSA) is 72.3 Å². The number of Topliss-reactive ketones (excluding diaryl/α,β-unsaturated/α-hetero) is 1. The Kier molecular flexibility index (Phi) is 3.88. The first-order chi connectivity index (χ1) is 10.0. The van der Waals surface area contributed by atoms with Gasteiger partial charge in [-0.15, -0.1) is 0 Å². The quantitative estimate of drug-likeness (QED) is 0.844. The highest BCUT2D eigenvalue weighted by molar-refractivity contribution is 7.89. The second kappa shape index (κ2) is 5.53. The summed E-state index contributed by atoms with van der Waals surface area (Å²) in [5, 5.41) is 4.17. The molecular weight excluding hydrogens is 290 g/mol. The average Bonchev–Trinajstić information content (AvgIpc) is 3.07. The molecule has 1 aromatic heterocycles. The first-order valence-electron chi connectivity index (χ1n) is 7.54. The second-order valence-electron chi connectivity index (χ2n) is 5.94. The van der Waals surface area contributed by atoms with Gasteiger partial charge in [-0.05, 0) is 31.7 Å². The van der Waals surface area contributed by atoms with Crippen molar-refractivity contribution >= 4 is 15.8 Å². The van der Waals surface area contributed by atoms with E-state index in [2.05, 4.69) is 5.10 Å².